The summed E-state index contributed by atoms with van der Waals surface area (Å²) >= 11 is 0. The van der Waals surface area contributed by atoms with Crippen LogP contribution >= 0.6 is 0 Å². The van der Waals surface area contributed by atoms with Crippen LogP contribution in [-0.4, -0.2) is 18.6 Å². The van der Waals surface area contributed by atoms with Gasteiger partial charge in [0.1, 0.15) is 0 Å². The van der Waals surface area contributed by atoms with Crippen LogP contribution in [0.25, 0.3) is 0 Å². The second-order valence-corrected chi connectivity index (χ2v) is 3.56. The maximum atomic E-state index is 6.05. The number of rotatable bonds is 4. The van der Waals surface area contributed by atoms with Gasteiger partial charge in [-0.2, -0.15) is 0 Å². The topological polar surface area (TPSA) is 38.0 Å². The molecule has 2 heteroatoms. The molecule has 10 heavy (non-hydrogen) atoms. The first-order valence-electron chi connectivity index (χ1n) is 4.16. The van der Waals surface area contributed by atoms with E-state index in [9.17, 15) is 0 Å². The van der Waals surface area contributed by atoms with Gasteiger partial charge in [-0.3, -0.25) is 0 Å². The summed E-state index contributed by atoms with van der Waals surface area (Å²) in [7, 11) is 0. The molecule has 1 aliphatic carbocycles. The van der Waals surface area contributed by atoms with Gasteiger partial charge in [0.2, 0.25) is 0 Å². The maximum absolute atomic E-state index is 6.05. The van der Waals surface area contributed by atoms with Gasteiger partial charge in [0.25, 0.3) is 0 Å². The second kappa shape index (κ2) is 2.89. The molecule has 1 fully saturated rings. The Morgan fingerprint density at radius 3 is 2.60 bits per heavy atom. The van der Waals surface area contributed by atoms with Crippen LogP contribution in [0.4, 0.5) is 0 Å². The highest BCUT2D eigenvalue weighted by molar-refractivity contribution is 4.96. The van der Waals surface area contributed by atoms with Crippen LogP contribution in [0, 0.1) is 5.92 Å². The average molecular weight is 142 g/mol. The summed E-state index contributed by atoms with van der Waals surface area (Å²) in [4.78, 5) is 0. The molecule has 1 unspecified atom stereocenters. The molecular formula is C8H18N2. The monoisotopic (exact) mass is 142 g/mol. The van der Waals surface area contributed by atoms with Gasteiger partial charge in [0.05, 0.1) is 0 Å². The Balaban J connectivity index is 2.20. The van der Waals surface area contributed by atoms with Gasteiger partial charge in [0, 0.05) is 12.1 Å². The molecule has 0 aromatic heterocycles. The van der Waals surface area contributed by atoms with Crippen molar-refractivity contribution in [2.45, 2.75) is 32.2 Å². The van der Waals surface area contributed by atoms with Crippen LogP contribution < -0.4 is 11.1 Å². The molecule has 1 aliphatic rings. The highest BCUT2D eigenvalue weighted by atomic mass is 14.9. The van der Waals surface area contributed by atoms with Crippen molar-refractivity contribution >= 4 is 0 Å². The van der Waals surface area contributed by atoms with Crippen molar-refractivity contribution in [2.24, 2.45) is 11.7 Å². The van der Waals surface area contributed by atoms with E-state index in [2.05, 4.69) is 19.2 Å². The summed E-state index contributed by atoms with van der Waals surface area (Å²) in [6.07, 6.45) is 2.66. The van der Waals surface area contributed by atoms with Gasteiger partial charge in [-0.05, 0) is 32.2 Å². The molecule has 1 saturated carbocycles. The average Bonchev–Trinajstić information content (AvgIpc) is 2.64. The molecule has 0 spiro atoms. The zero-order chi connectivity index (χ0) is 7.61. The molecule has 1 rings (SSSR count). The zero-order valence-electron chi connectivity index (χ0n) is 6.98. The van der Waals surface area contributed by atoms with E-state index >= 15 is 0 Å². The Hall–Kier alpha value is -0.0800. The lowest BCUT2D eigenvalue weighted by atomic mass is 9.97. The first-order valence-corrected chi connectivity index (χ1v) is 4.16. The Morgan fingerprint density at radius 1 is 1.60 bits per heavy atom. The third-order valence-corrected chi connectivity index (χ3v) is 2.27. The van der Waals surface area contributed by atoms with E-state index in [-0.39, 0.29) is 5.54 Å². The van der Waals surface area contributed by atoms with Crippen molar-refractivity contribution in [1.82, 2.24) is 5.32 Å². The summed E-state index contributed by atoms with van der Waals surface area (Å²) < 4.78 is 0. The molecule has 0 amide bonds. The van der Waals surface area contributed by atoms with Crippen molar-refractivity contribution in [3.63, 3.8) is 0 Å². The van der Waals surface area contributed by atoms with Crippen LogP contribution in [0.2, 0.25) is 0 Å². The number of likely N-dealkylation sites (N-methyl/N-ethyl adjacent to an activating group) is 1. The molecule has 0 heterocycles. The predicted octanol–water partition coefficient (Wildman–Crippen LogP) is 0.723. The standard InChI is InChI=1S/C8H18N2/c1-3-10-6-8(2,9)7-4-5-7/h7,10H,3-6,9H2,1-2H3. The first kappa shape index (κ1) is 8.02. The molecule has 0 aromatic rings. The highest BCUT2D eigenvalue weighted by Crippen LogP contribution is 2.37. The Kier molecular flexibility index (Phi) is 2.32. The van der Waals surface area contributed by atoms with Crippen LogP contribution in [-0.2, 0) is 0 Å². The van der Waals surface area contributed by atoms with E-state index in [1.807, 2.05) is 0 Å². The van der Waals surface area contributed by atoms with E-state index < -0.39 is 0 Å². The van der Waals surface area contributed by atoms with Crippen LogP contribution in [0.3, 0.4) is 0 Å². The Labute approximate surface area is 63.2 Å². The SMILES string of the molecule is CCNCC(C)(N)C1CC1. The fraction of sp³-hybridized carbons (Fsp3) is 1.00. The molecule has 3 N–H and O–H groups in total. The van der Waals surface area contributed by atoms with E-state index in [1.165, 1.54) is 12.8 Å². The summed E-state index contributed by atoms with van der Waals surface area (Å²) in [5.41, 5.74) is 6.10. The van der Waals surface area contributed by atoms with E-state index in [1.54, 1.807) is 0 Å². The van der Waals surface area contributed by atoms with E-state index in [0.717, 1.165) is 19.0 Å². The summed E-state index contributed by atoms with van der Waals surface area (Å²) in [5, 5.41) is 3.28. The molecule has 0 aliphatic heterocycles. The normalized spacial score (nSPS) is 24.3. The first-order chi connectivity index (χ1) is 4.67. The van der Waals surface area contributed by atoms with Crippen molar-refractivity contribution in [1.29, 1.82) is 0 Å². The molecule has 0 aromatic carbocycles. The van der Waals surface area contributed by atoms with Gasteiger partial charge >= 0.3 is 0 Å². The third-order valence-electron chi connectivity index (χ3n) is 2.27. The molecule has 0 radical (unpaired) electrons. The lowest BCUT2D eigenvalue weighted by Crippen LogP contribution is -2.47. The molecule has 60 valence electrons. The maximum Gasteiger partial charge on any atom is 0.0280 e. The fourth-order valence-corrected chi connectivity index (χ4v) is 1.28. The van der Waals surface area contributed by atoms with Crippen LogP contribution in [0.5, 0.6) is 0 Å². The van der Waals surface area contributed by atoms with Crippen LogP contribution in [0.15, 0.2) is 0 Å². The minimum Gasteiger partial charge on any atom is -0.324 e. The van der Waals surface area contributed by atoms with E-state index in [4.69, 9.17) is 5.73 Å². The largest absolute Gasteiger partial charge is 0.324 e. The van der Waals surface area contributed by atoms with Crippen molar-refractivity contribution in [3.8, 4) is 0 Å². The number of hydrogen-bond acceptors (Lipinski definition) is 2. The summed E-state index contributed by atoms with van der Waals surface area (Å²) in [5.74, 6) is 0.784. The van der Waals surface area contributed by atoms with Crippen molar-refractivity contribution in [3.05, 3.63) is 0 Å². The highest BCUT2D eigenvalue weighted by Gasteiger charge is 2.37. The van der Waals surface area contributed by atoms with Crippen molar-refractivity contribution in [2.75, 3.05) is 13.1 Å². The summed E-state index contributed by atoms with van der Waals surface area (Å²) in [6.45, 7) is 6.25. The number of hydrogen-bond donors (Lipinski definition) is 2. The van der Waals surface area contributed by atoms with Crippen LogP contribution in [0.1, 0.15) is 26.7 Å². The number of nitrogens with one attached hydrogen (secondary N) is 1. The fourth-order valence-electron chi connectivity index (χ4n) is 1.28. The summed E-state index contributed by atoms with van der Waals surface area (Å²) in [6, 6.07) is 0. The van der Waals surface area contributed by atoms with Gasteiger partial charge < -0.3 is 11.1 Å². The van der Waals surface area contributed by atoms with Gasteiger partial charge in [-0.15, -0.1) is 0 Å². The molecule has 0 bridgehead atoms. The van der Waals surface area contributed by atoms with Crippen molar-refractivity contribution < 1.29 is 0 Å². The van der Waals surface area contributed by atoms with E-state index in [0.29, 0.717) is 0 Å². The molecule has 1 atom stereocenters. The smallest absolute Gasteiger partial charge is 0.0280 e. The van der Waals surface area contributed by atoms with Gasteiger partial charge in [-0.25, -0.2) is 0 Å². The predicted molar refractivity (Wildman–Crippen MR) is 43.9 cm³/mol. The molecule has 0 saturated heterocycles. The van der Waals surface area contributed by atoms with Gasteiger partial charge in [0.15, 0.2) is 0 Å². The Morgan fingerprint density at radius 2 is 2.20 bits per heavy atom. The lowest BCUT2D eigenvalue weighted by Gasteiger charge is -2.24. The molecule has 2 nitrogen and oxygen atoms in total. The second-order valence-electron chi connectivity index (χ2n) is 3.56. The van der Waals surface area contributed by atoms with Gasteiger partial charge in [-0.1, -0.05) is 6.92 Å². The number of nitrogens with two attached hydrogens (primary N) is 1. The quantitative estimate of drug-likeness (QED) is 0.607. The Bertz CT molecular complexity index is 106. The third kappa shape index (κ3) is 1.96. The minimum absolute atomic E-state index is 0.0516. The zero-order valence-corrected chi connectivity index (χ0v) is 6.98. The lowest BCUT2D eigenvalue weighted by molar-refractivity contribution is 0.385. The molecular weight excluding hydrogens is 124 g/mol. The minimum atomic E-state index is 0.0516.